The molecule has 5 rings (SSSR count). The van der Waals surface area contributed by atoms with Crippen LogP contribution in [-0.4, -0.2) is 42.6 Å². The smallest absolute Gasteiger partial charge is 0.146 e. The van der Waals surface area contributed by atoms with Gasteiger partial charge in [-0.1, -0.05) is 68.5 Å². The molecule has 208 valence electrons. The first kappa shape index (κ1) is 28.0. The Morgan fingerprint density at radius 1 is 1.00 bits per heavy atom. The van der Waals surface area contributed by atoms with Gasteiger partial charge >= 0.3 is 0 Å². The highest BCUT2D eigenvalue weighted by atomic mass is 35.5. The lowest BCUT2D eigenvalue weighted by atomic mass is 9.72. The van der Waals surface area contributed by atoms with Gasteiger partial charge in [-0.25, -0.2) is 4.98 Å². The Hall–Kier alpha value is -3.54. The number of piperazine rings is 1. The second-order valence-electron chi connectivity index (χ2n) is 11.6. The van der Waals surface area contributed by atoms with E-state index in [1.54, 1.807) is 17.8 Å². The van der Waals surface area contributed by atoms with Crippen LogP contribution in [0.15, 0.2) is 73.5 Å². The van der Waals surface area contributed by atoms with E-state index in [2.05, 4.69) is 72.1 Å². The van der Waals surface area contributed by atoms with Gasteiger partial charge in [0.1, 0.15) is 17.3 Å². The van der Waals surface area contributed by atoms with Crippen molar-refractivity contribution in [2.45, 2.75) is 33.1 Å². The molecule has 0 spiro atoms. The third-order valence-corrected chi connectivity index (χ3v) is 8.37. The first-order valence-electron chi connectivity index (χ1n) is 14.0. The van der Waals surface area contributed by atoms with E-state index in [4.69, 9.17) is 22.1 Å². The minimum absolute atomic E-state index is 0.324. The molecule has 0 saturated carbocycles. The van der Waals surface area contributed by atoms with Crippen molar-refractivity contribution in [3.8, 4) is 11.5 Å². The van der Waals surface area contributed by atoms with Gasteiger partial charge in [0.2, 0.25) is 0 Å². The average Bonchev–Trinajstić information content (AvgIpc) is 2.95. The van der Waals surface area contributed by atoms with Gasteiger partial charge in [0.25, 0.3) is 0 Å². The van der Waals surface area contributed by atoms with E-state index < -0.39 is 0 Å². The van der Waals surface area contributed by atoms with Crippen LogP contribution in [-0.2, 0) is 0 Å². The first-order valence-corrected chi connectivity index (χ1v) is 14.4. The number of allylic oxidation sites excluding steroid dienone is 1. The number of rotatable bonds is 8. The highest BCUT2D eigenvalue weighted by molar-refractivity contribution is 6.30. The monoisotopic (exact) mass is 554 g/mol. The number of nitrogen functional groups attached to an aromatic ring is 1. The number of halogens is 1. The maximum atomic E-state index is 6.24. The van der Waals surface area contributed by atoms with Crippen molar-refractivity contribution >= 4 is 40.8 Å². The number of ether oxygens (including phenoxy) is 1. The van der Waals surface area contributed by atoms with Crippen LogP contribution < -0.4 is 15.4 Å². The molecule has 0 radical (unpaired) electrons. The van der Waals surface area contributed by atoms with E-state index in [-0.39, 0.29) is 0 Å². The van der Waals surface area contributed by atoms with Gasteiger partial charge in [0.05, 0.1) is 6.20 Å². The Labute approximate surface area is 243 Å². The number of benzene rings is 2. The van der Waals surface area contributed by atoms with Crippen molar-refractivity contribution < 1.29 is 4.74 Å². The van der Waals surface area contributed by atoms with Gasteiger partial charge < -0.3 is 15.4 Å². The molecular weight excluding hydrogens is 516 g/mol. The predicted molar refractivity (Wildman–Crippen MR) is 170 cm³/mol. The molecule has 1 saturated heterocycles. The van der Waals surface area contributed by atoms with E-state index >= 15 is 0 Å². The van der Waals surface area contributed by atoms with Gasteiger partial charge in [0, 0.05) is 60.6 Å². The van der Waals surface area contributed by atoms with Crippen molar-refractivity contribution in [3.05, 3.63) is 95.2 Å². The molecule has 5 nitrogen and oxygen atoms in total. The number of nitrogens with two attached hydrogens (primary N) is 1. The van der Waals surface area contributed by atoms with Crippen LogP contribution >= 0.6 is 11.6 Å². The number of hydrogen-bond donors (Lipinski definition) is 1. The Morgan fingerprint density at radius 2 is 1.73 bits per heavy atom. The zero-order chi connectivity index (χ0) is 28.3. The largest absolute Gasteiger partial charge is 0.455 e. The molecule has 3 aromatic rings. The molecule has 40 heavy (non-hydrogen) atoms. The van der Waals surface area contributed by atoms with Gasteiger partial charge in [-0.05, 0) is 66.1 Å². The summed E-state index contributed by atoms with van der Waals surface area (Å²) in [5.74, 6) is 1.81. The molecule has 0 amide bonds. The number of hydrogen-bond acceptors (Lipinski definition) is 5. The Bertz CT molecular complexity index is 1420. The standard InChI is InChI=1S/C34H39ClN4O/c1-5-24-9-12-29(20-32(24)40-30-19-25(6-2)33(36)37-22-30)39-17-15-38(16-18-39)23-27-13-14-34(3,4)21-31(27)26-7-10-28(35)11-8-26/h5-12,19-20,22H,1-2,13-18,21,23H2,3-4H3,(H2,36,37). The van der Waals surface area contributed by atoms with Crippen molar-refractivity contribution in [1.29, 1.82) is 0 Å². The van der Waals surface area contributed by atoms with E-state index in [9.17, 15) is 0 Å². The summed E-state index contributed by atoms with van der Waals surface area (Å²) in [7, 11) is 0. The van der Waals surface area contributed by atoms with Crippen LogP contribution in [0.1, 0.15) is 49.8 Å². The van der Waals surface area contributed by atoms with Crippen molar-refractivity contribution in [2.75, 3.05) is 43.4 Å². The highest BCUT2D eigenvalue weighted by Crippen LogP contribution is 2.43. The van der Waals surface area contributed by atoms with Gasteiger partial charge in [0.15, 0.2) is 0 Å². The summed E-state index contributed by atoms with van der Waals surface area (Å²) in [6.07, 6.45) is 8.63. The third kappa shape index (κ3) is 6.43. The lowest BCUT2D eigenvalue weighted by Crippen LogP contribution is -2.47. The van der Waals surface area contributed by atoms with Crippen molar-refractivity contribution in [2.24, 2.45) is 5.41 Å². The minimum Gasteiger partial charge on any atom is -0.455 e. The van der Waals surface area contributed by atoms with Crippen LogP contribution in [0.4, 0.5) is 11.5 Å². The molecule has 0 unspecified atom stereocenters. The SMILES string of the molecule is C=Cc1ccc(N2CCN(CC3=C(c4ccc(Cl)cc4)CC(C)(C)CC3)CC2)cc1Oc1cnc(N)c(C=C)c1. The van der Waals surface area contributed by atoms with Crippen LogP contribution in [0.5, 0.6) is 11.5 Å². The Kier molecular flexibility index (Phi) is 8.34. The number of anilines is 2. The molecular formula is C34H39ClN4O. The van der Waals surface area contributed by atoms with Crippen LogP contribution in [0.3, 0.4) is 0 Å². The van der Waals surface area contributed by atoms with E-state index in [1.807, 2.05) is 24.3 Å². The molecule has 1 aromatic heterocycles. The summed E-state index contributed by atoms with van der Waals surface area (Å²) in [5.41, 5.74) is 13.5. The molecule has 2 N–H and O–H groups in total. The fourth-order valence-electron chi connectivity index (χ4n) is 5.69. The summed E-state index contributed by atoms with van der Waals surface area (Å²) < 4.78 is 6.24. The summed E-state index contributed by atoms with van der Waals surface area (Å²) >= 11 is 6.20. The van der Waals surface area contributed by atoms with Crippen molar-refractivity contribution in [1.82, 2.24) is 9.88 Å². The topological polar surface area (TPSA) is 54.6 Å². The summed E-state index contributed by atoms with van der Waals surface area (Å²) in [4.78, 5) is 9.28. The zero-order valence-electron chi connectivity index (χ0n) is 23.6. The van der Waals surface area contributed by atoms with E-state index in [1.165, 1.54) is 17.6 Å². The molecule has 0 bridgehead atoms. The fourth-order valence-corrected chi connectivity index (χ4v) is 5.82. The highest BCUT2D eigenvalue weighted by Gasteiger charge is 2.29. The second kappa shape index (κ2) is 11.9. The summed E-state index contributed by atoms with van der Waals surface area (Å²) in [6, 6.07) is 16.6. The molecule has 1 aliphatic heterocycles. The van der Waals surface area contributed by atoms with E-state index in [0.29, 0.717) is 17.0 Å². The Balaban J connectivity index is 1.29. The fraction of sp³-hybridized carbons (Fsp3) is 0.324. The van der Waals surface area contributed by atoms with Crippen molar-refractivity contribution in [3.63, 3.8) is 0 Å². The van der Waals surface area contributed by atoms with Crippen LogP contribution in [0.2, 0.25) is 5.02 Å². The molecule has 2 aliphatic rings. The van der Waals surface area contributed by atoms with Gasteiger partial charge in [-0.2, -0.15) is 0 Å². The third-order valence-electron chi connectivity index (χ3n) is 8.12. The number of nitrogens with zero attached hydrogens (tertiary/aromatic N) is 3. The van der Waals surface area contributed by atoms with Crippen LogP contribution in [0.25, 0.3) is 17.7 Å². The molecule has 6 heteroatoms. The molecule has 2 heterocycles. The van der Waals surface area contributed by atoms with E-state index in [0.717, 1.165) is 73.2 Å². The first-order chi connectivity index (χ1) is 19.2. The lowest BCUT2D eigenvalue weighted by Gasteiger charge is -2.39. The zero-order valence-corrected chi connectivity index (χ0v) is 24.4. The van der Waals surface area contributed by atoms with Crippen LogP contribution in [0, 0.1) is 5.41 Å². The van der Waals surface area contributed by atoms with Gasteiger partial charge in [-0.15, -0.1) is 0 Å². The lowest BCUT2D eigenvalue weighted by molar-refractivity contribution is 0.264. The predicted octanol–water partition coefficient (Wildman–Crippen LogP) is 8.18. The number of aromatic nitrogens is 1. The average molecular weight is 555 g/mol. The quantitative estimate of drug-likeness (QED) is 0.304. The summed E-state index contributed by atoms with van der Waals surface area (Å²) in [6.45, 7) is 17.5. The minimum atomic E-state index is 0.324. The Morgan fingerprint density at radius 3 is 2.42 bits per heavy atom. The van der Waals surface area contributed by atoms with Gasteiger partial charge in [-0.3, -0.25) is 4.90 Å². The molecule has 1 aliphatic carbocycles. The normalized spacial score (nSPS) is 17.5. The molecule has 1 fully saturated rings. The summed E-state index contributed by atoms with van der Waals surface area (Å²) in [5, 5.41) is 0.790. The molecule has 0 atom stereocenters. The maximum absolute atomic E-state index is 6.24. The second-order valence-corrected chi connectivity index (χ2v) is 12.0. The molecule has 2 aromatic carbocycles. The number of pyridine rings is 1. The maximum Gasteiger partial charge on any atom is 0.146 e.